The highest BCUT2D eigenvalue weighted by atomic mass is 16.4. The Morgan fingerprint density at radius 1 is 0.455 bits per heavy atom. The van der Waals surface area contributed by atoms with Crippen LogP contribution in [0.25, 0.3) is 0 Å². The number of carbonyl (C=O) groups is 2. The van der Waals surface area contributed by atoms with E-state index in [1.807, 2.05) is 0 Å². The summed E-state index contributed by atoms with van der Waals surface area (Å²) in [4.78, 5) is 22.2. The molecular weight excluding hydrogens is 681 g/mol. The van der Waals surface area contributed by atoms with E-state index >= 15 is 0 Å². The van der Waals surface area contributed by atoms with Crippen LogP contribution in [0.1, 0.15) is 51.4 Å². The number of benzene rings is 6. The minimum atomic E-state index is -1.53. The van der Waals surface area contributed by atoms with E-state index in [0.717, 1.165) is 32.6 Å². The second-order valence-electron chi connectivity index (χ2n) is 14.0. The van der Waals surface area contributed by atoms with Crippen LogP contribution in [0.3, 0.4) is 0 Å². The molecule has 6 aromatic carbocycles. The van der Waals surface area contributed by atoms with E-state index in [1.54, 1.807) is 0 Å². The van der Waals surface area contributed by atoms with Gasteiger partial charge in [-0.1, -0.05) is 146 Å². The summed E-state index contributed by atoms with van der Waals surface area (Å²) in [7, 11) is 8.82. The minimum absolute atomic E-state index is 0.352. The monoisotopic (exact) mass is 732 g/mol. The molecule has 6 heteroatoms. The number of hydrogen-bond donors (Lipinski definition) is 2. The number of carboxylic acids is 2. The Hall–Kier alpha value is -6.08. The second kappa shape index (κ2) is 21.6. The molecule has 0 saturated heterocycles. The van der Waals surface area contributed by atoms with Gasteiger partial charge in [-0.05, 0) is 76.9 Å². The predicted molar refractivity (Wildman–Crippen MR) is 219 cm³/mol. The molecular formula is C49H52N2O4. The fourth-order valence-corrected chi connectivity index (χ4v) is 6.42. The summed E-state index contributed by atoms with van der Waals surface area (Å²) in [6.07, 6.45) is 4.43. The molecule has 6 rings (SSSR count). The Morgan fingerprint density at radius 2 is 0.764 bits per heavy atom. The third-order valence-corrected chi connectivity index (χ3v) is 9.20. The van der Waals surface area contributed by atoms with Gasteiger partial charge in [0.15, 0.2) is 0 Å². The van der Waals surface area contributed by atoms with E-state index in [9.17, 15) is 19.8 Å². The van der Waals surface area contributed by atoms with E-state index < -0.39 is 11.9 Å². The number of carbonyl (C=O) groups excluding carboxylic acids is 2. The highest BCUT2D eigenvalue weighted by molar-refractivity contribution is 5.92. The van der Waals surface area contributed by atoms with Crippen molar-refractivity contribution in [1.82, 2.24) is 0 Å². The van der Waals surface area contributed by atoms with Crippen LogP contribution in [0, 0.1) is 0 Å². The maximum absolute atomic E-state index is 9.76. The first-order chi connectivity index (χ1) is 26.5. The summed E-state index contributed by atoms with van der Waals surface area (Å²) in [6, 6.07) is 56.4. The van der Waals surface area contributed by atoms with Gasteiger partial charge in [-0.15, -0.1) is 0 Å². The Balaban J connectivity index is 0.000000201. The summed E-state index contributed by atoms with van der Waals surface area (Å²) < 4.78 is 0. The SMILES string of the molecule is C/C(=C/C(=O)[O-])C(=O)[O-].C[NH+](C)c1cccc(Cc2ccccc2)c1Cc1ccccc1.C[NH+](C)c1cccc(Cc2ccccc2)c1Cc1ccccc1. The summed E-state index contributed by atoms with van der Waals surface area (Å²) in [5, 5.41) is 19.4. The molecule has 0 saturated carbocycles. The molecule has 0 heterocycles. The highest BCUT2D eigenvalue weighted by Gasteiger charge is 2.16. The standard InChI is InChI=1S/2C22H23N.C5H6O4/c2*1-23(2)22-15-9-14-20(16-18-10-5-3-6-11-18)21(22)17-19-12-7-4-8-13-19;1-3(5(8)9)2-4(6)7/h2*3-15H,16-17H2,1-2H3;2H,1H3,(H,6,7)(H,8,9)/b;;3-2-. The van der Waals surface area contributed by atoms with E-state index in [0.29, 0.717) is 6.08 Å². The fourth-order valence-electron chi connectivity index (χ4n) is 6.42. The molecule has 0 aliphatic carbocycles. The molecule has 55 heavy (non-hydrogen) atoms. The van der Waals surface area contributed by atoms with Gasteiger partial charge in [0, 0.05) is 24.0 Å². The van der Waals surface area contributed by atoms with Gasteiger partial charge in [-0.2, -0.15) is 0 Å². The molecule has 6 aromatic rings. The zero-order valence-electron chi connectivity index (χ0n) is 32.5. The lowest BCUT2D eigenvalue weighted by molar-refractivity contribution is -0.786. The van der Waals surface area contributed by atoms with Gasteiger partial charge >= 0.3 is 0 Å². The van der Waals surface area contributed by atoms with Crippen LogP contribution in [0.2, 0.25) is 0 Å². The molecule has 0 spiro atoms. The topological polar surface area (TPSA) is 89.1 Å². The van der Waals surface area contributed by atoms with Crippen molar-refractivity contribution in [2.75, 3.05) is 28.2 Å². The average molecular weight is 733 g/mol. The van der Waals surface area contributed by atoms with E-state index in [-0.39, 0.29) is 5.57 Å². The summed E-state index contributed by atoms with van der Waals surface area (Å²) in [5.74, 6) is -3.03. The van der Waals surface area contributed by atoms with Gasteiger partial charge in [0.05, 0.1) is 40.1 Å². The van der Waals surface area contributed by atoms with Crippen LogP contribution < -0.4 is 20.0 Å². The van der Waals surface area contributed by atoms with Gasteiger partial charge < -0.3 is 29.6 Å². The number of rotatable bonds is 12. The first-order valence-electron chi connectivity index (χ1n) is 18.6. The Morgan fingerprint density at radius 3 is 1.02 bits per heavy atom. The molecule has 0 unspecified atom stereocenters. The van der Waals surface area contributed by atoms with Gasteiger partial charge in [-0.25, -0.2) is 0 Å². The number of aliphatic carboxylic acids is 2. The van der Waals surface area contributed by atoms with Crippen LogP contribution in [-0.2, 0) is 35.3 Å². The summed E-state index contributed by atoms with van der Waals surface area (Å²) >= 11 is 0. The number of carboxylic acid groups (broad SMARTS) is 2. The number of quaternary nitrogens is 2. The van der Waals surface area contributed by atoms with Crippen LogP contribution in [0.5, 0.6) is 0 Å². The molecule has 6 nitrogen and oxygen atoms in total. The van der Waals surface area contributed by atoms with Crippen molar-refractivity contribution in [3.63, 3.8) is 0 Å². The average Bonchev–Trinajstić information content (AvgIpc) is 3.18. The molecule has 0 atom stereocenters. The second-order valence-corrected chi connectivity index (χ2v) is 14.0. The lowest BCUT2D eigenvalue weighted by Gasteiger charge is -2.17. The maximum atomic E-state index is 9.76. The van der Waals surface area contributed by atoms with Crippen molar-refractivity contribution in [3.05, 3.63) is 214 Å². The fraction of sp³-hybridized carbons (Fsp3) is 0.184. The third kappa shape index (κ3) is 13.7. The smallest absolute Gasteiger partial charge is 0.134 e. The number of hydrogen-bond acceptors (Lipinski definition) is 4. The number of nitrogens with one attached hydrogen (secondary N) is 2. The molecule has 0 aliphatic rings. The molecule has 0 bridgehead atoms. The quantitative estimate of drug-likeness (QED) is 0.179. The van der Waals surface area contributed by atoms with Crippen molar-refractivity contribution in [1.29, 1.82) is 0 Å². The van der Waals surface area contributed by atoms with E-state index in [1.165, 1.54) is 65.7 Å². The van der Waals surface area contributed by atoms with E-state index in [4.69, 9.17) is 0 Å². The lowest BCUT2D eigenvalue weighted by Crippen LogP contribution is -3.00. The van der Waals surface area contributed by atoms with Gasteiger partial charge in [-0.3, -0.25) is 0 Å². The molecule has 0 fully saturated rings. The van der Waals surface area contributed by atoms with Crippen LogP contribution in [-0.4, -0.2) is 40.1 Å². The van der Waals surface area contributed by atoms with Crippen molar-refractivity contribution in [2.24, 2.45) is 0 Å². The van der Waals surface area contributed by atoms with Gasteiger partial charge in [0.2, 0.25) is 0 Å². The van der Waals surface area contributed by atoms with Crippen molar-refractivity contribution in [3.8, 4) is 0 Å². The van der Waals surface area contributed by atoms with E-state index in [2.05, 4.69) is 186 Å². The zero-order chi connectivity index (χ0) is 39.6. The maximum Gasteiger partial charge on any atom is 0.134 e. The molecule has 282 valence electrons. The van der Waals surface area contributed by atoms with Crippen LogP contribution in [0.4, 0.5) is 11.4 Å². The van der Waals surface area contributed by atoms with Gasteiger partial charge in [0.1, 0.15) is 11.4 Å². The van der Waals surface area contributed by atoms with Gasteiger partial charge in [0.25, 0.3) is 0 Å². The normalized spacial score (nSPS) is 10.9. The largest absolute Gasteiger partial charge is 0.545 e. The van der Waals surface area contributed by atoms with Crippen molar-refractivity contribution < 1.29 is 29.6 Å². The van der Waals surface area contributed by atoms with Crippen LogP contribution in [0.15, 0.2) is 169 Å². The summed E-state index contributed by atoms with van der Waals surface area (Å²) in [5.41, 5.74) is 13.7. The molecule has 2 N–H and O–H groups in total. The Kier molecular flexibility index (Phi) is 16.4. The molecule has 0 aliphatic heterocycles. The van der Waals surface area contributed by atoms with Crippen molar-refractivity contribution in [2.45, 2.75) is 32.6 Å². The minimum Gasteiger partial charge on any atom is -0.545 e. The first-order valence-corrected chi connectivity index (χ1v) is 18.6. The van der Waals surface area contributed by atoms with Crippen molar-refractivity contribution >= 4 is 23.3 Å². The predicted octanol–water partition coefficient (Wildman–Crippen LogP) is 4.72. The molecule has 0 amide bonds. The highest BCUT2D eigenvalue weighted by Crippen LogP contribution is 2.25. The summed E-state index contributed by atoms with van der Waals surface area (Å²) in [6.45, 7) is 1.12. The Bertz CT molecular complexity index is 1980. The molecule has 0 aromatic heterocycles. The first kappa shape index (κ1) is 41.7. The lowest BCUT2D eigenvalue weighted by atomic mass is 9.93. The third-order valence-electron chi connectivity index (χ3n) is 9.20. The Labute approximate surface area is 326 Å². The zero-order valence-corrected chi connectivity index (χ0v) is 32.5. The molecule has 0 radical (unpaired) electrons. The van der Waals surface area contributed by atoms with Crippen LogP contribution >= 0.6 is 0 Å².